The molecular formula is C15H19N5O2. The quantitative estimate of drug-likeness (QED) is 0.533. The molecule has 3 amide bonds. The minimum Gasteiger partial charge on any atom is -0.359 e. The first kappa shape index (κ1) is 15.6. The second kappa shape index (κ2) is 7.82. The molecule has 3 N–H and O–H groups in total. The summed E-state index contributed by atoms with van der Waals surface area (Å²) in [4.78, 5) is 21.8. The molecule has 1 aromatic carbocycles. The Morgan fingerprint density at radius 1 is 1.27 bits per heavy atom. The number of aromatic nitrogens is 2. The molecule has 0 atom stereocenters. The van der Waals surface area contributed by atoms with E-state index in [1.807, 2.05) is 43.4 Å². The van der Waals surface area contributed by atoms with Crippen molar-refractivity contribution in [1.29, 1.82) is 0 Å². The van der Waals surface area contributed by atoms with Crippen molar-refractivity contribution < 1.29 is 9.59 Å². The van der Waals surface area contributed by atoms with Crippen LogP contribution in [0.3, 0.4) is 0 Å². The van der Waals surface area contributed by atoms with Crippen molar-refractivity contribution in [2.24, 2.45) is 7.05 Å². The molecule has 1 heterocycles. The third kappa shape index (κ3) is 4.34. The zero-order chi connectivity index (χ0) is 15.8. The molecule has 1 aromatic heterocycles. The molecule has 0 unspecified atom stereocenters. The monoisotopic (exact) mass is 301 g/mol. The van der Waals surface area contributed by atoms with E-state index in [1.165, 1.54) is 0 Å². The van der Waals surface area contributed by atoms with Crippen molar-refractivity contribution in [2.45, 2.75) is 6.42 Å². The molecule has 0 saturated heterocycles. The van der Waals surface area contributed by atoms with Gasteiger partial charge in [0.25, 0.3) is 0 Å². The molecule has 0 radical (unpaired) electrons. The molecule has 22 heavy (non-hydrogen) atoms. The molecule has 0 saturated carbocycles. The lowest BCUT2D eigenvalue weighted by Gasteiger charge is -2.04. The van der Waals surface area contributed by atoms with E-state index in [-0.39, 0.29) is 6.03 Å². The fourth-order valence-corrected chi connectivity index (χ4v) is 2.02. The topological polar surface area (TPSA) is 88.1 Å². The summed E-state index contributed by atoms with van der Waals surface area (Å²) in [5.41, 5.74) is 1.96. The first-order valence-electron chi connectivity index (χ1n) is 7.02. The van der Waals surface area contributed by atoms with Crippen molar-refractivity contribution in [2.75, 3.05) is 18.4 Å². The van der Waals surface area contributed by atoms with Crippen LogP contribution >= 0.6 is 0 Å². The van der Waals surface area contributed by atoms with Crippen LogP contribution in [0.4, 0.5) is 10.6 Å². The summed E-state index contributed by atoms with van der Waals surface area (Å²) in [5, 5.41) is 12.2. The Balaban J connectivity index is 1.88. The summed E-state index contributed by atoms with van der Waals surface area (Å²) in [6.45, 7) is 1.01. The van der Waals surface area contributed by atoms with E-state index < -0.39 is 0 Å². The van der Waals surface area contributed by atoms with E-state index in [4.69, 9.17) is 0 Å². The Kier molecular flexibility index (Phi) is 5.53. The van der Waals surface area contributed by atoms with Crippen LogP contribution in [0, 0.1) is 0 Å². The normalized spacial score (nSPS) is 10.0. The standard InChI is InChI=1S/C15H19N5O2/c1-20-13(12-6-3-2-4-7-12)10-14(19-20)18-15(22)17-9-5-8-16-11-21/h2-4,6-7,10-11H,5,8-9H2,1H3,(H,16,21)(H2,17,18,19,22). The van der Waals surface area contributed by atoms with Crippen LogP contribution in [0.1, 0.15) is 6.42 Å². The van der Waals surface area contributed by atoms with E-state index in [1.54, 1.807) is 4.68 Å². The van der Waals surface area contributed by atoms with Crippen LogP contribution in [-0.4, -0.2) is 35.3 Å². The molecule has 0 bridgehead atoms. The van der Waals surface area contributed by atoms with Crippen molar-refractivity contribution in [1.82, 2.24) is 20.4 Å². The predicted molar refractivity (Wildman–Crippen MR) is 84.3 cm³/mol. The Bertz CT molecular complexity index is 624. The van der Waals surface area contributed by atoms with Gasteiger partial charge in [-0.15, -0.1) is 0 Å². The SMILES string of the molecule is Cn1nc(NC(=O)NCCCNC=O)cc1-c1ccccc1. The van der Waals surface area contributed by atoms with Gasteiger partial charge in [0.05, 0.1) is 5.69 Å². The second-order valence-electron chi connectivity index (χ2n) is 4.71. The molecule has 0 aliphatic heterocycles. The van der Waals surface area contributed by atoms with E-state index in [0.29, 0.717) is 31.7 Å². The average Bonchev–Trinajstić information content (AvgIpc) is 2.88. The second-order valence-corrected chi connectivity index (χ2v) is 4.71. The van der Waals surface area contributed by atoms with Crippen LogP contribution in [-0.2, 0) is 11.8 Å². The van der Waals surface area contributed by atoms with Gasteiger partial charge < -0.3 is 10.6 Å². The molecule has 0 spiro atoms. The predicted octanol–water partition coefficient (Wildman–Crippen LogP) is 1.34. The van der Waals surface area contributed by atoms with E-state index in [9.17, 15) is 9.59 Å². The fourth-order valence-electron chi connectivity index (χ4n) is 2.02. The first-order valence-corrected chi connectivity index (χ1v) is 7.02. The average molecular weight is 301 g/mol. The number of amides is 3. The summed E-state index contributed by atoms with van der Waals surface area (Å²) >= 11 is 0. The third-order valence-corrected chi connectivity index (χ3v) is 3.06. The van der Waals surface area contributed by atoms with Crippen molar-refractivity contribution in [3.05, 3.63) is 36.4 Å². The van der Waals surface area contributed by atoms with Gasteiger partial charge in [-0.05, 0) is 12.0 Å². The minimum atomic E-state index is -0.316. The maximum Gasteiger partial charge on any atom is 0.320 e. The van der Waals surface area contributed by atoms with Gasteiger partial charge in [-0.2, -0.15) is 5.10 Å². The smallest absolute Gasteiger partial charge is 0.320 e. The lowest BCUT2D eigenvalue weighted by molar-refractivity contribution is -0.109. The van der Waals surface area contributed by atoms with Crippen LogP contribution < -0.4 is 16.0 Å². The Morgan fingerprint density at radius 2 is 2.05 bits per heavy atom. The number of nitrogens with one attached hydrogen (secondary N) is 3. The summed E-state index contributed by atoms with van der Waals surface area (Å²) in [7, 11) is 1.83. The summed E-state index contributed by atoms with van der Waals surface area (Å²) < 4.78 is 1.72. The van der Waals surface area contributed by atoms with Crippen molar-refractivity contribution >= 4 is 18.3 Å². The Labute approximate surface area is 128 Å². The lowest BCUT2D eigenvalue weighted by Crippen LogP contribution is -2.31. The molecule has 0 aliphatic rings. The van der Waals surface area contributed by atoms with Gasteiger partial charge in [-0.25, -0.2) is 4.79 Å². The number of anilines is 1. The number of urea groups is 1. The number of aryl methyl sites for hydroxylation is 1. The van der Waals surface area contributed by atoms with Crippen molar-refractivity contribution in [3.63, 3.8) is 0 Å². The van der Waals surface area contributed by atoms with Crippen LogP contribution in [0.15, 0.2) is 36.4 Å². The summed E-state index contributed by atoms with van der Waals surface area (Å²) in [6, 6.07) is 11.3. The molecular weight excluding hydrogens is 282 g/mol. The van der Waals surface area contributed by atoms with Crippen LogP contribution in [0.5, 0.6) is 0 Å². The highest BCUT2D eigenvalue weighted by atomic mass is 16.2. The van der Waals surface area contributed by atoms with Gasteiger partial charge in [-0.1, -0.05) is 30.3 Å². The van der Waals surface area contributed by atoms with Crippen LogP contribution in [0.2, 0.25) is 0 Å². The van der Waals surface area contributed by atoms with Gasteiger partial charge in [0.15, 0.2) is 5.82 Å². The summed E-state index contributed by atoms with van der Waals surface area (Å²) in [6.07, 6.45) is 1.31. The first-order chi connectivity index (χ1) is 10.7. The molecule has 0 aliphatic carbocycles. The van der Waals surface area contributed by atoms with Gasteiger partial charge in [0, 0.05) is 26.2 Å². The molecule has 116 valence electrons. The minimum absolute atomic E-state index is 0.316. The Morgan fingerprint density at radius 3 is 2.77 bits per heavy atom. The van der Waals surface area contributed by atoms with Gasteiger partial charge >= 0.3 is 6.03 Å². The maximum atomic E-state index is 11.7. The van der Waals surface area contributed by atoms with E-state index >= 15 is 0 Å². The number of hydrogen-bond donors (Lipinski definition) is 3. The number of carbonyl (C=O) groups is 2. The Hall–Kier alpha value is -2.83. The number of carbonyl (C=O) groups excluding carboxylic acids is 2. The van der Waals surface area contributed by atoms with Crippen molar-refractivity contribution in [3.8, 4) is 11.3 Å². The third-order valence-electron chi connectivity index (χ3n) is 3.06. The lowest BCUT2D eigenvalue weighted by atomic mass is 10.1. The highest BCUT2D eigenvalue weighted by Gasteiger charge is 2.09. The highest BCUT2D eigenvalue weighted by Crippen LogP contribution is 2.21. The number of hydrogen-bond acceptors (Lipinski definition) is 3. The van der Waals surface area contributed by atoms with E-state index in [0.717, 1.165) is 11.3 Å². The molecule has 2 aromatic rings. The number of nitrogens with zero attached hydrogens (tertiary/aromatic N) is 2. The molecule has 7 nitrogen and oxygen atoms in total. The number of benzene rings is 1. The molecule has 2 rings (SSSR count). The van der Waals surface area contributed by atoms with Gasteiger partial charge in [0.1, 0.15) is 0 Å². The number of rotatable bonds is 7. The van der Waals surface area contributed by atoms with E-state index in [2.05, 4.69) is 21.0 Å². The van der Waals surface area contributed by atoms with Gasteiger partial charge in [-0.3, -0.25) is 14.8 Å². The fraction of sp³-hybridized carbons (Fsp3) is 0.267. The van der Waals surface area contributed by atoms with Gasteiger partial charge in [0.2, 0.25) is 6.41 Å². The highest BCUT2D eigenvalue weighted by molar-refractivity contribution is 5.88. The zero-order valence-corrected chi connectivity index (χ0v) is 12.4. The van der Waals surface area contributed by atoms with Crippen LogP contribution in [0.25, 0.3) is 11.3 Å². The zero-order valence-electron chi connectivity index (χ0n) is 12.4. The maximum absolute atomic E-state index is 11.7. The molecule has 7 heteroatoms. The summed E-state index contributed by atoms with van der Waals surface area (Å²) in [5.74, 6) is 0.491. The molecule has 0 fully saturated rings. The largest absolute Gasteiger partial charge is 0.359 e.